The Labute approximate surface area is 151 Å². The van der Waals surface area contributed by atoms with E-state index in [0.717, 1.165) is 11.3 Å². The third kappa shape index (κ3) is 3.57. The molecule has 0 aromatic carbocycles. The monoisotopic (exact) mass is 380 g/mol. The molecule has 7 nitrogen and oxygen atoms in total. The number of hydrogen-bond acceptors (Lipinski definition) is 6. The molecule has 1 aliphatic rings. The molecule has 0 saturated carbocycles. The molecule has 132 valence electrons. The lowest BCUT2D eigenvalue weighted by atomic mass is 9.99. The van der Waals surface area contributed by atoms with Gasteiger partial charge in [-0.25, -0.2) is 4.79 Å². The molecule has 2 aromatic heterocycles. The summed E-state index contributed by atoms with van der Waals surface area (Å²) in [5, 5.41) is 15.3. The fraction of sp³-hybridized carbons (Fsp3) is 0.312. The highest BCUT2D eigenvalue weighted by Crippen LogP contribution is 2.31. The summed E-state index contributed by atoms with van der Waals surface area (Å²) in [6.07, 6.45) is 1.80. The molecule has 0 aliphatic carbocycles. The average Bonchev–Trinajstić information content (AvgIpc) is 3.28. The van der Waals surface area contributed by atoms with Gasteiger partial charge in [0, 0.05) is 5.75 Å². The summed E-state index contributed by atoms with van der Waals surface area (Å²) in [6.45, 7) is 1.74. The van der Waals surface area contributed by atoms with Gasteiger partial charge in [-0.3, -0.25) is 9.59 Å². The fourth-order valence-electron chi connectivity index (χ4n) is 2.51. The van der Waals surface area contributed by atoms with Gasteiger partial charge in [-0.05, 0) is 42.9 Å². The Hall–Kier alpha value is -2.26. The number of carbonyl (C=O) groups excluding carboxylic acids is 2. The molecule has 0 spiro atoms. The van der Waals surface area contributed by atoms with Crippen LogP contribution in [0.4, 0.5) is 5.00 Å². The average molecular weight is 380 g/mol. The van der Waals surface area contributed by atoms with Crippen LogP contribution in [0.2, 0.25) is 0 Å². The maximum Gasteiger partial charge on any atom is 0.330 e. The lowest BCUT2D eigenvalue weighted by molar-refractivity contribution is -0.143. The Bertz CT molecular complexity index is 807. The van der Waals surface area contributed by atoms with Crippen molar-refractivity contribution in [1.82, 2.24) is 5.32 Å². The number of furan rings is 1. The van der Waals surface area contributed by atoms with Crippen LogP contribution in [0.5, 0.6) is 0 Å². The first-order valence-electron chi connectivity index (χ1n) is 7.50. The van der Waals surface area contributed by atoms with Gasteiger partial charge in [0.25, 0.3) is 11.8 Å². The molecule has 1 unspecified atom stereocenters. The van der Waals surface area contributed by atoms with Crippen molar-refractivity contribution in [3.8, 4) is 0 Å². The van der Waals surface area contributed by atoms with E-state index in [1.807, 2.05) is 0 Å². The molecule has 0 bridgehead atoms. The first-order valence-corrected chi connectivity index (χ1v) is 9.47. The summed E-state index contributed by atoms with van der Waals surface area (Å²) >= 11 is 2.60. The SMILES string of the molecule is Cc1cc(NC(=O)c2ccco2)sc1C(=O)NC1(C(=O)O)CCSC1. The number of thioether (sulfide) groups is 1. The summed E-state index contributed by atoms with van der Waals surface area (Å²) in [5.74, 6) is -0.657. The Kier molecular flexibility index (Phi) is 4.87. The van der Waals surface area contributed by atoms with E-state index in [1.54, 1.807) is 19.1 Å². The number of hydrogen-bond donors (Lipinski definition) is 3. The summed E-state index contributed by atoms with van der Waals surface area (Å²) in [4.78, 5) is 36.5. The first-order chi connectivity index (χ1) is 11.9. The van der Waals surface area contributed by atoms with Crippen LogP contribution in [-0.2, 0) is 4.79 Å². The zero-order chi connectivity index (χ0) is 18.0. The molecule has 9 heteroatoms. The summed E-state index contributed by atoms with van der Waals surface area (Å²) in [7, 11) is 0. The predicted molar refractivity (Wildman–Crippen MR) is 95.5 cm³/mol. The Morgan fingerprint density at radius 3 is 2.72 bits per heavy atom. The van der Waals surface area contributed by atoms with Gasteiger partial charge in [0.1, 0.15) is 5.54 Å². The van der Waals surface area contributed by atoms with Crippen LogP contribution in [-0.4, -0.2) is 39.9 Å². The molecular weight excluding hydrogens is 364 g/mol. The van der Waals surface area contributed by atoms with E-state index in [0.29, 0.717) is 33.4 Å². The molecule has 0 radical (unpaired) electrons. The van der Waals surface area contributed by atoms with E-state index >= 15 is 0 Å². The van der Waals surface area contributed by atoms with E-state index in [4.69, 9.17) is 4.42 Å². The molecule has 3 rings (SSSR count). The van der Waals surface area contributed by atoms with Gasteiger partial charge >= 0.3 is 5.97 Å². The standard InChI is InChI=1S/C16H16N2O5S2/c1-9-7-11(17-13(19)10-3-2-5-23-10)25-12(9)14(20)18-16(15(21)22)4-6-24-8-16/h2-3,5,7H,4,6,8H2,1H3,(H,17,19)(H,18,20)(H,21,22). The number of carbonyl (C=O) groups is 3. The minimum atomic E-state index is -1.23. The molecule has 1 saturated heterocycles. The van der Waals surface area contributed by atoms with Crippen molar-refractivity contribution in [1.29, 1.82) is 0 Å². The Morgan fingerprint density at radius 1 is 1.32 bits per heavy atom. The van der Waals surface area contributed by atoms with E-state index in [2.05, 4.69) is 10.6 Å². The van der Waals surface area contributed by atoms with Crippen LogP contribution in [0.15, 0.2) is 28.9 Å². The lowest BCUT2D eigenvalue weighted by Gasteiger charge is -2.24. The van der Waals surface area contributed by atoms with Crippen molar-refractivity contribution in [3.05, 3.63) is 40.7 Å². The normalized spacial score (nSPS) is 19.6. The minimum Gasteiger partial charge on any atom is -0.479 e. The molecule has 1 atom stereocenters. The van der Waals surface area contributed by atoms with E-state index < -0.39 is 23.3 Å². The Balaban J connectivity index is 1.74. The van der Waals surface area contributed by atoms with Gasteiger partial charge in [0.2, 0.25) is 0 Å². The summed E-state index contributed by atoms with van der Waals surface area (Å²) < 4.78 is 5.03. The predicted octanol–water partition coefficient (Wildman–Crippen LogP) is 2.59. The molecule has 1 aliphatic heterocycles. The number of amides is 2. The van der Waals surface area contributed by atoms with Gasteiger partial charge in [-0.1, -0.05) is 0 Å². The van der Waals surface area contributed by atoms with Crippen LogP contribution in [0.3, 0.4) is 0 Å². The third-order valence-electron chi connectivity index (χ3n) is 3.89. The van der Waals surface area contributed by atoms with Crippen LogP contribution < -0.4 is 10.6 Å². The largest absolute Gasteiger partial charge is 0.479 e. The topological polar surface area (TPSA) is 109 Å². The third-order valence-corrected chi connectivity index (χ3v) is 6.23. The van der Waals surface area contributed by atoms with Gasteiger partial charge in [-0.2, -0.15) is 11.8 Å². The number of nitrogens with one attached hydrogen (secondary N) is 2. The van der Waals surface area contributed by atoms with Crippen molar-refractivity contribution in [2.45, 2.75) is 18.9 Å². The second kappa shape index (κ2) is 6.93. The molecule has 25 heavy (non-hydrogen) atoms. The number of carboxylic acids is 1. The second-order valence-corrected chi connectivity index (χ2v) is 7.86. The van der Waals surface area contributed by atoms with E-state index in [1.165, 1.54) is 24.1 Å². The zero-order valence-electron chi connectivity index (χ0n) is 13.3. The number of carboxylic acid groups (broad SMARTS) is 1. The maximum absolute atomic E-state index is 12.6. The first kappa shape index (κ1) is 17.6. The van der Waals surface area contributed by atoms with Crippen LogP contribution >= 0.6 is 23.1 Å². The van der Waals surface area contributed by atoms with Gasteiger partial charge in [0.05, 0.1) is 16.1 Å². The van der Waals surface area contributed by atoms with E-state index in [-0.39, 0.29) is 5.76 Å². The van der Waals surface area contributed by atoms with Gasteiger partial charge in [-0.15, -0.1) is 11.3 Å². The van der Waals surface area contributed by atoms with Crippen molar-refractivity contribution in [3.63, 3.8) is 0 Å². The van der Waals surface area contributed by atoms with Crippen LogP contribution in [0.1, 0.15) is 32.2 Å². The van der Waals surface area contributed by atoms with Gasteiger partial charge in [0.15, 0.2) is 5.76 Å². The number of aryl methyl sites for hydroxylation is 1. The zero-order valence-corrected chi connectivity index (χ0v) is 15.0. The fourth-order valence-corrected chi connectivity index (χ4v) is 4.80. The highest BCUT2D eigenvalue weighted by Gasteiger charge is 2.43. The van der Waals surface area contributed by atoms with Crippen LogP contribution in [0.25, 0.3) is 0 Å². The van der Waals surface area contributed by atoms with Crippen molar-refractivity contribution < 1.29 is 23.9 Å². The molecular formula is C16H16N2O5S2. The molecule has 2 aromatic rings. The van der Waals surface area contributed by atoms with Crippen molar-refractivity contribution in [2.75, 3.05) is 16.8 Å². The number of rotatable bonds is 5. The lowest BCUT2D eigenvalue weighted by Crippen LogP contribution is -2.54. The van der Waals surface area contributed by atoms with Crippen LogP contribution in [0, 0.1) is 6.92 Å². The highest BCUT2D eigenvalue weighted by molar-refractivity contribution is 7.99. The van der Waals surface area contributed by atoms with Crippen molar-refractivity contribution in [2.24, 2.45) is 0 Å². The number of aliphatic carboxylic acids is 1. The molecule has 3 heterocycles. The summed E-state index contributed by atoms with van der Waals surface area (Å²) in [5.41, 5.74) is -0.557. The number of anilines is 1. The van der Waals surface area contributed by atoms with E-state index in [9.17, 15) is 19.5 Å². The van der Waals surface area contributed by atoms with Crippen molar-refractivity contribution >= 4 is 45.9 Å². The van der Waals surface area contributed by atoms with Gasteiger partial charge < -0.3 is 20.2 Å². The summed E-state index contributed by atoms with van der Waals surface area (Å²) in [6, 6.07) is 4.83. The highest BCUT2D eigenvalue weighted by atomic mass is 32.2. The minimum absolute atomic E-state index is 0.171. The Morgan fingerprint density at radius 2 is 2.12 bits per heavy atom. The molecule has 3 N–H and O–H groups in total. The second-order valence-electron chi connectivity index (χ2n) is 5.70. The maximum atomic E-state index is 12.6. The quantitative estimate of drug-likeness (QED) is 0.736. The molecule has 2 amide bonds. The number of thiophene rings is 1. The smallest absolute Gasteiger partial charge is 0.330 e. The molecule has 1 fully saturated rings.